The average molecular weight is 282 g/mol. The minimum Gasteiger partial charge on any atom is -0.497 e. The van der Waals surface area contributed by atoms with Crippen molar-refractivity contribution in [3.8, 4) is 11.5 Å². The van der Waals surface area contributed by atoms with Gasteiger partial charge in [0.15, 0.2) is 0 Å². The maximum absolute atomic E-state index is 10.9. The van der Waals surface area contributed by atoms with Crippen molar-refractivity contribution < 1.29 is 14.4 Å². The average Bonchev–Trinajstić information content (AvgIpc) is 2.44. The van der Waals surface area contributed by atoms with Crippen LogP contribution < -0.4 is 14.8 Å². The van der Waals surface area contributed by atoms with Gasteiger partial charge in [0.2, 0.25) is 5.75 Å². The summed E-state index contributed by atoms with van der Waals surface area (Å²) in [5.74, 6) is 1.06. The van der Waals surface area contributed by atoms with Crippen molar-refractivity contribution in [1.29, 1.82) is 0 Å². The Morgan fingerprint density at radius 2 is 2.20 bits per heavy atom. The van der Waals surface area contributed by atoms with Crippen LogP contribution in [-0.2, 0) is 0 Å². The highest BCUT2D eigenvalue weighted by Gasteiger charge is 2.16. The van der Waals surface area contributed by atoms with Crippen LogP contribution in [0.5, 0.6) is 11.5 Å². The second kappa shape index (κ2) is 8.37. The Labute approximate surface area is 119 Å². The number of hydrogen-bond acceptors (Lipinski definition) is 5. The lowest BCUT2D eigenvalue weighted by Gasteiger charge is -2.14. The maximum Gasteiger partial charge on any atom is 0.311 e. The minimum absolute atomic E-state index is 0.0421. The Morgan fingerprint density at radius 3 is 2.80 bits per heavy atom. The highest BCUT2D eigenvalue weighted by molar-refractivity contribution is 5.50. The molecule has 0 aliphatic carbocycles. The quantitative estimate of drug-likeness (QED) is 0.428. The molecule has 112 valence electrons. The lowest BCUT2D eigenvalue weighted by atomic mass is 10.2. The van der Waals surface area contributed by atoms with Gasteiger partial charge < -0.3 is 14.8 Å². The molecule has 1 aromatic rings. The lowest BCUT2D eigenvalue weighted by Crippen LogP contribution is -2.25. The number of nitrogens with one attached hydrogen (secondary N) is 1. The molecule has 0 fully saturated rings. The summed E-state index contributed by atoms with van der Waals surface area (Å²) in [6.45, 7) is 6.35. The molecule has 0 bridgehead atoms. The van der Waals surface area contributed by atoms with Crippen LogP contribution >= 0.6 is 0 Å². The molecule has 1 rings (SSSR count). The lowest BCUT2D eigenvalue weighted by molar-refractivity contribution is -0.385. The largest absolute Gasteiger partial charge is 0.497 e. The van der Waals surface area contributed by atoms with Gasteiger partial charge in [-0.25, -0.2) is 0 Å². The fourth-order valence-electron chi connectivity index (χ4n) is 1.70. The van der Waals surface area contributed by atoms with Crippen LogP contribution in [0.4, 0.5) is 5.69 Å². The molecule has 0 heterocycles. The summed E-state index contributed by atoms with van der Waals surface area (Å²) in [4.78, 5) is 10.5. The third kappa shape index (κ3) is 5.05. The molecule has 6 heteroatoms. The van der Waals surface area contributed by atoms with Crippen LogP contribution in [0.3, 0.4) is 0 Å². The Bertz CT molecular complexity index is 437. The van der Waals surface area contributed by atoms with Crippen LogP contribution in [0.15, 0.2) is 18.2 Å². The zero-order chi connectivity index (χ0) is 15.0. The SMILES string of the molecule is CCCNCC(C)COc1cc(OC)ccc1[N+](=O)[O-]. The molecule has 0 radical (unpaired) electrons. The van der Waals surface area contributed by atoms with Crippen LogP contribution in [-0.4, -0.2) is 31.7 Å². The molecule has 0 aromatic heterocycles. The molecule has 0 saturated heterocycles. The number of hydrogen-bond donors (Lipinski definition) is 1. The van der Waals surface area contributed by atoms with E-state index in [9.17, 15) is 10.1 Å². The molecule has 1 N–H and O–H groups in total. The number of nitrogens with zero attached hydrogens (tertiary/aromatic N) is 1. The van der Waals surface area contributed by atoms with E-state index < -0.39 is 4.92 Å². The third-order valence-corrected chi connectivity index (χ3v) is 2.81. The molecule has 0 amide bonds. The first kappa shape index (κ1) is 16.2. The summed E-state index contributed by atoms with van der Waals surface area (Å²) in [6, 6.07) is 4.50. The fraction of sp³-hybridized carbons (Fsp3) is 0.571. The predicted octanol–water partition coefficient (Wildman–Crippen LogP) is 2.62. The maximum atomic E-state index is 10.9. The molecule has 0 aliphatic rings. The molecule has 1 atom stereocenters. The monoisotopic (exact) mass is 282 g/mol. The molecule has 1 aromatic carbocycles. The van der Waals surface area contributed by atoms with Gasteiger partial charge in [0.1, 0.15) is 5.75 Å². The van der Waals surface area contributed by atoms with Crippen molar-refractivity contribution in [1.82, 2.24) is 5.32 Å². The van der Waals surface area contributed by atoms with Gasteiger partial charge in [-0.1, -0.05) is 13.8 Å². The van der Waals surface area contributed by atoms with Gasteiger partial charge in [0.25, 0.3) is 0 Å². The minimum atomic E-state index is -0.450. The summed E-state index contributed by atoms with van der Waals surface area (Å²) in [5, 5.41) is 14.2. The number of methoxy groups -OCH3 is 1. The second-order valence-corrected chi connectivity index (χ2v) is 4.71. The van der Waals surface area contributed by atoms with E-state index in [2.05, 4.69) is 12.2 Å². The first-order valence-corrected chi connectivity index (χ1v) is 6.74. The Morgan fingerprint density at radius 1 is 1.45 bits per heavy atom. The molecule has 1 unspecified atom stereocenters. The first-order chi connectivity index (χ1) is 9.58. The van der Waals surface area contributed by atoms with Crippen LogP contribution in [0.1, 0.15) is 20.3 Å². The predicted molar refractivity (Wildman–Crippen MR) is 77.5 cm³/mol. The molecule has 0 spiro atoms. The molecule has 0 saturated carbocycles. The van der Waals surface area contributed by atoms with E-state index in [1.807, 2.05) is 6.92 Å². The van der Waals surface area contributed by atoms with Crippen molar-refractivity contribution in [3.63, 3.8) is 0 Å². The van der Waals surface area contributed by atoms with Crippen molar-refractivity contribution in [2.75, 3.05) is 26.8 Å². The normalized spacial score (nSPS) is 11.9. The van der Waals surface area contributed by atoms with E-state index in [1.54, 1.807) is 12.1 Å². The third-order valence-electron chi connectivity index (χ3n) is 2.81. The highest BCUT2D eigenvalue weighted by atomic mass is 16.6. The van der Waals surface area contributed by atoms with Crippen LogP contribution in [0.2, 0.25) is 0 Å². The number of benzene rings is 1. The Kier molecular flexibility index (Phi) is 6.79. The van der Waals surface area contributed by atoms with Crippen molar-refractivity contribution >= 4 is 5.69 Å². The molecule has 6 nitrogen and oxygen atoms in total. The van der Waals surface area contributed by atoms with Crippen LogP contribution in [0.25, 0.3) is 0 Å². The van der Waals surface area contributed by atoms with Crippen molar-refractivity contribution in [3.05, 3.63) is 28.3 Å². The van der Waals surface area contributed by atoms with Crippen LogP contribution in [0, 0.1) is 16.0 Å². The summed E-state index contributed by atoms with van der Waals surface area (Å²) in [6.07, 6.45) is 1.08. The summed E-state index contributed by atoms with van der Waals surface area (Å²) < 4.78 is 10.6. The number of rotatable bonds is 9. The zero-order valence-electron chi connectivity index (χ0n) is 12.2. The van der Waals surface area contributed by atoms with E-state index in [-0.39, 0.29) is 17.4 Å². The van der Waals surface area contributed by atoms with Gasteiger partial charge >= 0.3 is 5.69 Å². The molecular weight excluding hydrogens is 260 g/mol. The van der Waals surface area contributed by atoms with Crippen molar-refractivity contribution in [2.45, 2.75) is 20.3 Å². The topological polar surface area (TPSA) is 73.6 Å². The van der Waals surface area contributed by atoms with E-state index in [4.69, 9.17) is 9.47 Å². The van der Waals surface area contributed by atoms with Gasteiger partial charge in [-0.3, -0.25) is 10.1 Å². The Hall–Kier alpha value is -1.82. The Balaban J connectivity index is 2.63. The van der Waals surface area contributed by atoms with Gasteiger partial charge in [0.05, 0.1) is 18.6 Å². The van der Waals surface area contributed by atoms with Gasteiger partial charge in [-0.2, -0.15) is 0 Å². The number of nitro benzene ring substituents is 1. The van der Waals surface area contributed by atoms with E-state index in [0.29, 0.717) is 12.4 Å². The van der Waals surface area contributed by atoms with E-state index in [0.717, 1.165) is 19.5 Å². The second-order valence-electron chi connectivity index (χ2n) is 4.71. The van der Waals surface area contributed by atoms with Gasteiger partial charge in [0, 0.05) is 24.6 Å². The summed E-state index contributed by atoms with van der Waals surface area (Å²) in [7, 11) is 1.52. The first-order valence-electron chi connectivity index (χ1n) is 6.74. The zero-order valence-corrected chi connectivity index (χ0v) is 12.2. The smallest absolute Gasteiger partial charge is 0.311 e. The standard InChI is InChI=1S/C14H22N2O4/c1-4-7-15-9-11(2)10-20-14-8-12(19-3)5-6-13(14)16(17)18/h5-6,8,11,15H,4,7,9-10H2,1-3H3. The molecule has 0 aliphatic heterocycles. The fourth-order valence-corrected chi connectivity index (χ4v) is 1.70. The van der Waals surface area contributed by atoms with E-state index >= 15 is 0 Å². The highest BCUT2D eigenvalue weighted by Crippen LogP contribution is 2.31. The van der Waals surface area contributed by atoms with E-state index in [1.165, 1.54) is 13.2 Å². The summed E-state index contributed by atoms with van der Waals surface area (Å²) in [5.41, 5.74) is -0.0421. The van der Waals surface area contributed by atoms with Gasteiger partial charge in [-0.05, 0) is 19.0 Å². The van der Waals surface area contributed by atoms with Crippen molar-refractivity contribution in [2.24, 2.45) is 5.92 Å². The number of nitro groups is 1. The van der Waals surface area contributed by atoms with Gasteiger partial charge in [-0.15, -0.1) is 0 Å². The molecule has 20 heavy (non-hydrogen) atoms. The number of ether oxygens (including phenoxy) is 2. The molecular formula is C14H22N2O4. The summed E-state index contributed by atoms with van der Waals surface area (Å²) >= 11 is 0.